The molecule has 0 aromatic rings. The van der Waals surface area contributed by atoms with Gasteiger partial charge in [0.1, 0.15) is 0 Å². The van der Waals surface area contributed by atoms with Crippen molar-refractivity contribution in [3.8, 4) is 0 Å². The molecular weight excluding hydrogens is 232 g/mol. The van der Waals surface area contributed by atoms with E-state index in [4.69, 9.17) is 11.4 Å². The Morgan fingerprint density at radius 1 is 1.00 bits per heavy atom. The first-order valence-corrected chi connectivity index (χ1v) is 2.06. The van der Waals surface area contributed by atoms with Gasteiger partial charge in [0.15, 0.2) is 0 Å². The molecule has 0 amide bonds. The van der Waals surface area contributed by atoms with Crippen LogP contribution in [-0.4, -0.2) is 5.48 Å². The molecule has 0 aliphatic carbocycles. The number of rotatable bonds is 0. The van der Waals surface area contributed by atoms with E-state index < -0.39 is 14.0 Å². The van der Waals surface area contributed by atoms with Gasteiger partial charge in [0.05, 0.1) is 0 Å². The summed E-state index contributed by atoms with van der Waals surface area (Å²) in [5, 5.41) is 0. The standard InChI is InChI=1S/2Cr.Cu.HO.3O/h;;;1H;;;. The minimum atomic E-state index is -3.79. The maximum absolute atomic E-state index is 8.54. The van der Waals surface area contributed by atoms with Gasteiger partial charge in [-0.25, -0.2) is 0 Å². The van der Waals surface area contributed by atoms with Crippen molar-refractivity contribution in [2.75, 3.05) is 0 Å². The minimum absolute atomic E-state index is 0. The van der Waals surface area contributed by atoms with Crippen LogP contribution in [0.2, 0.25) is 0 Å². The van der Waals surface area contributed by atoms with Crippen molar-refractivity contribution in [3.63, 3.8) is 0 Å². The summed E-state index contributed by atoms with van der Waals surface area (Å²) in [6, 6.07) is 0. The van der Waals surface area contributed by atoms with Gasteiger partial charge in [0.25, 0.3) is 0 Å². The van der Waals surface area contributed by atoms with Gasteiger partial charge in [0, 0.05) is 34.4 Å². The molecule has 0 aliphatic heterocycles. The van der Waals surface area contributed by atoms with E-state index in [2.05, 4.69) is 0 Å². The Bertz CT molecular complexity index is 79.1. The Labute approximate surface area is 65.2 Å². The fraction of sp³-hybridized carbons (Fsp3) is 0. The van der Waals surface area contributed by atoms with Crippen LogP contribution in [0.1, 0.15) is 0 Å². The van der Waals surface area contributed by atoms with E-state index >= 15 is 0 Å². The molecular formula is HCr2CuO4. The third kappa shape index (κ3) is 190. The van der Waals surface area contributed by atoms with Crippen LogP contribution < -0.4 is 0 Å². The van der Waals surface area contributed by atoms with Gasteiger partial charge in [-0.3, -0.25) is 5.48 Å². The zero-order valence-corrected chi connectivity index (χ0v) is 6.28. The van der Waals surface area contributed by atoms with Gasteiger partial charge < -0.3 is 0 Å². The third-order valence-electron chi connectivity index (χ3n) is 0. The average molecular weight is 233 g/mol. The van der Waals surface area contributed by atoms with Crippen molar-refractivity contribution in [1.29, 1.82) is 0 Å². The summed E-state index contributed by atoms with van der Waals surface area (Å²) in [5.74, 6) is 0. The van der Waals surface area contributed by atoms with Crippen LogP contribution in [0.5, 0.6) is 0 Å². The predicted molar refractivity (Wildman–Crippen MR) is 4.00 cm³/mol. The van der Waals surface area contributed by atoms with E-state index in [9.17, 15) is 0 Å². The Morgan fingerprint density at radius 3 is 1.00 bits per heavy atom. The van der Waals surface area contributed by atoms with Gasteiger partial charge in [-0.05, 0) is 0 Å². The van der Waals surface area contributed by atoms with Gasteiger partial charge in [-0.15, -0.1) is 0 Å². The zero-order valence-electron chi connectivity index (χ0n) is 2.79. The second-order valence-corrected chi connectivity index (χ2v) is 0.842. The monoisotopic (exact) mass is 232 g/mol. The fourth-order valence-electron chi connectivity index (χ4n) is 0. The molecule has 0 atom stereocenters. The first-order chi connectivity index (χ1) is 1.73. The molecule has 4 nitrogen and oxygen atoms in total. The molecule has 0 aliphatic rings. The molecule has 7 heteroatoms. The molecule has 0 aromatic carbocycles. The fourth-order valence-corrected chi connectivity index (χ4v) is 0. The summed E-state index contributed by atoms with van der Waals surface area (Å²) in [7, 11) is 0. The van der Waals surface area contributed by atoms with Gasteiger partial charge in [-0.2, -0.15) is 0 Å². The maximum atomic E-state index is 8.54. The Kier molecular flexibility index (Phi) is 55.5. The second-order valence-electron chi connectivity index (χ2n) is 0.204. The number of hydrogen-bond donors (Lipinski definition) is 1. The quantitative estimate of drug-likeness (QED) is 0.570. The van der Waals surface area contributed by atoms with Crippen molar-refractivity contribution in [3.05, 3.63) is 0 Å². The van der Waals surface area contributed by atoms with Gasteiger partial charge in [-0.1, -0.05) is 0 Å². The van der Waals surface area contributed by atoms with Crippen molar-refractivity contribution < 1.29 is 65.3 Å². The van der Waals surface area contributed by atoms with Crippen molar-refractivity contribution in [2.45, 2.75) is 0 Å². The van der Waals surface area contributed by atoms with Crippen LogP contribution in [0, 0.1) is 0 Å². The first kappa shape index (κ1) is 24.6. The molecule has 0 fully saturated rings. The van der Waals surface area contributed by atoms with Gasteiger partial charge >= 0.3 is 25.4 Å². The van der Waals surface area contributed by atoms with E-state index in [0.29, 0.717) is 0 Å². The van der Waals surface area contributed by atoms with Crippen LogP contribution in [0.15, 0.2) is 0 Å². The summed E-state index contributed by atoms with van der Waals surface area (Å²) >= 11 is -3.79. The van der Waals surface area contributed by atoms with Crippen molar-refractivity contribution in [1.82, 2.24) is 0 Å². The molecule has 0 bridgehead atoms. The SMILES string of the molecule is [Cr].[Cu].[OH].[O]=[Cr](=[O])=[O]. The topological polar surface area (TPSA) is 81.2 Å². The zero-order chi connectivity index (χ0) is 3.58. The normalized spacial score (nSPS) is 3.43. The van der Waals surface area contributed by atoms with Crippen LogP contribution in [0.25, 0.3) is 0 Å². The Balaban J connectivity index is -0.0000000150. The van der Waals surface area contributed by atoms with Gasteiger partial charge in [0.2, 0.25) is 0 Å². The molecule has 1 N–H and O–H groups in total. The molecule has 2 radical (unpaired) electrons. The molecule has 0 heterocycles. The van der Waals surface area contributed by atoms with Crippen LogP contribution in [-0.2, 0) is 59.8 Å². The Hall–Kier alpha value is 0.944. The van der Waals surface area contributed by atoms with E-state index in [1.807, 2.05) is 0 Å². The van der Waals surface area contributed by atoms with Crippen LogP contribution in [0.4, 0.5) is 0 Å². The molecule has 0 aromatic heterocycles. The van der Waals surface area contributed by atoms with Crippen LogP contribution >= 0.6 is 0 Å². The summed E-state index contributed by atoms with van der Waals surface area (Å²) in [6.07, 6.45) is 0. The second kappa shape index (κ2) is 15.8. The molecule has 0 saturated heterocycles. The molecule has 48 valence electrons. The summed E-state index contributed by atoms with van der Waals surface area (Å²) in [6.45, 7) is 0. The predicted octanol–water partition coefficient (Wildman–Crippen LogP) is -0.541. The first-order valence-electron chi connectivity index (χ1n) is 0.500. The third-order valence-corrected chi connectivity index (χ3v) is 0. The van der Waals surface area contributed by atoms with E-state index in [-0.39, 0.29) is 39.9 Å². The van der Waals surface area contributed by atoms with E-state index in [0.717, 1.165) is 0 Å². The van der Waals surface area contributed by atoms with E-state index in [1.165, 1.54) is 0 Å². The summed E-state index contributed by atoms with van der Waals surface area (Å²) in [4.78, 5) is 0. The van der Waals surface area contributed by atoms with Crippen molar-refractivity contribution >= 4 is 0 Å². The molecule has 7 heavy (non-hydrogen) atoms. The van der Waals surface area contributed by atoms with E-state index in [1.54, 1.807) is 0 Å². The average Bonchev–Trinajstić information content (AvgIpc) is 0.811. The number of hydrogen-bond acceptors (Lipinski definition) is 3. The summed E-state index contributed by atoms with van der Waals surface area (Å²) in [5.41, 5.74) is 0. The molecule has 0 spiro atoms. The molecule has 0 rings (SSSR count). The molecule has 0 unspecified atom stereocenters. The van der Waals surface area contributed by atoms with Crippen LogP contribution in [0.3, 0.4) is 0 Å². The summed E-state index contributed by atoms with van der Waals surface area (Å²) < 4.78 is 25.6. The molecule has 0 saturated carbocycles. The Morgan fingerprint density at radius 2 is 1.00 bits per heavy atom. The van der Waals surface area contributed by atoms with Crippen molar-refractivity contribution in [2.24, 2.45) is 0 Å².